The predicted octanol–water partition coefficient (Wildman–Crippen LogP) is 0.870. The highest BCUT2D eigenvalue weighted by atomic mass is 16.6. The van der Waals surface area contributed by atoms with Gasteiger partial charge in [0.25, 0.3) is 0 Å². The molecule has 18 heavy (non-hydrogen) atoms. The second-order valence-electron chi connectivity index (χ2n) is 3.80. The monoisotopic (exact) mass is 252 g/mol. The van der Waals surface area contributed by atoms with Crippen molar-refractivity contribution >= 4 is 11.9 Å². The zero-order valence-electron chi connectivity index (χ0n) is 9.93. The second-order valence-corrected chi connectivity index (χ2v) is 3.80. The van der Waals surface area contributed by atoms with E-state index in [9.17, 15) is 9.59 Å². The molecule has 1 aliphatic heterocycles. The lowest BCUT2D eigenvalue weighted by atomic mass is 9.98. The Bertz CT molecular complexity index is 508. The number of hydrogen-bond acceptors (Lipinski definition) is 5. The summed E-state index contributed by atoms with van der Waals surface area (Å²) in [5.41, 5.74) is 0.890. The van der Waals surface area contributed by atoms with Crippen molar-refractivity contribution < 1.29 is 28.9 Å². The van der Waals surface area contributed by atoms with Crippen LogP contribution >= 0.6 is 0 Å². The minimum Gasteiger partial charge on any atom is -0.493 e. The van der Waals surface area contributed by atoms with Crippen LogP contribution in [-0.2, 0) is 16.0 Å². The summed E-state index contributed by atoms with van der Waals surface area (Å²) < 4.78 is 15.0. The number of carbonyl (C=O) groups excluding carboxylic acids is 1. The molecular weight excluding hydrogens is 240 g/mol. The van der Waals surface area contributed by atoms with Gasteiger partial charge in [0.1, 0.15) is 0 Å². The molecular formula is C12H12O6. The number of carboxylic acid groups (broad SMARTS) is 1. The van der Waals surface area contributed by atoms with Gasteiger partial charge in [0, 0.05) is 6.42 Å². The summed E-state index contributed by atoms with van der Waals surface area (Å²) in [6, 6.07) is 3.10. The zero-order chi connectivity index (χ0) is 13.3. The van der Waals surface area contributed by atoms with Crippen LogP contribution in [-0.4, -0.2) is 37.4 Å². The van der Waals surface area contributed by atoms with Crippen molar-refractivity contribution in [2.75, 3.05) is 14.2 Å². The van der Waals surface area contributed by atoms with Crippen LogP contribution in [0, 0.1) is 0 Å². The highest BCUT2D eigenvalue weighted by molar-refractivity contribution is 5.95. The maximum Gasteiger partial charge on any atom is 0.345 e. The molecule has 0 bridgehead atoms. The van der Waals surface area contributed by atoms with Crippen LogP contribution in [0.25, 0.3) is 0 Å². The number of carboxylic acids is 1. The van der Waals surface area contributed by atoms with E-state index in [0.717, 1.165) is 0 Å². The number of aliphatic carboxylic acids is 1. The van der Waals surface area contributed by atoms with E-state index in [2.05, 4.69) is 0 Å². The molecule has 0 unspecified atom stereocenters. The third-order valence-electron chi connectivity index (χ3n) is 2.76. The van der Waals surface area contributed by atoms with E-state index in [1.54, 1.807) is 6.07 Å². The first kappa shape index (κ1) is 12.2. The summed E-state index contributed by atoms with van der Waals surface area (Å²) >= 11 is 0. The van der Waals surface area contributed by atoms with Gasteiger partial charge >= 0.3 is 11.9 Å². The van der Waals surface area contributed by atoms with Gasteiger partial charge < -0.3 is 19.3 Å². The number of rotatable bonds is 3. The normalized spacial score (nSPS) is 17.7. The molecule has 6 nitrogen and oxygen atoms in total. The first-order valence-electron chi connectivity index (χ1n) is 5.25. The fraction of sp³-hybridized carbons (Fsp3) is 0.333. The Labute approximate surface area is 103 Å². The van der Waals surface area contributed by atoms with Gasteiger partial charge in [-0.05, 0) is 17.7 Å². The zero-order valence-corrected chi connectivity index (χ0v) is 9.93. The lowest BCUT2D eigenvalue weighted by Crippen LogP contribution is -2.34. The molecule has 0 spiro atoms. The van der Waals surface area contributed by atoms with Crippen LogP contribution in [0.5, 0.6) is 11.5 Å². The van der Waals surface area contributed by atoms with Crippen molar-refractivity contribution in [3.05, 3.63) is 23.3 Å². The van der Waals surface area contributed by atoms with Crippen LogP contribution < -0.4 is 9.47 Å². The molecule has 1 heterocycles. The van der Waals surface area contributed by atoms with E-state index < -0.39 is 18.0 Å². The van der Waals surface area contributed by atoms with Crippen molar-refractivity contribution in [1.82, 2.24) is 0 Å². The molecule has 2 rings (SSSR count). The molecule has 1 N–H and O–H groups in total. The number of methoxy groups -OCH3 is 2. The Balaban J connectivity index is 2.47. The number of hydrogen-bond donors (Lipinski definition) is 1. The number of benzene rings is 1. The van der Waals surface area contributed by atoms with Gasteiger partial charge in [-0.3, -0.25) is 0 Å². The molecule has 96 valence electrons. The molecule has 0 aromatic heterocycles. The molecule has 0 aliphatic carbocycles. The summed E-state index contributed by atoms with van der Waals surface area (Å²) in [4.78, 5) is 22.5. The SMILES string of the molecule is COc1cc2c(cc1OC)C(=O)O[C@@H](C(=O)O)C2. The van der Waals surface area contributed by atoms with Gasteiger partial charge in [-0.1, -0.05) is 0 Å². The van der Waals surface area contributed by atoms with Crippen LogP contribution in [0.3, 0.4) is 0 Å². The van der Waals surface area contributed by atoms with E-state index in [-0.39, 0.29) is 6.42 Å². The fourth-order valence-corrected chi connectivity index (χ4v) is 1.85. The fourth-order valence-electron chi connectivity index (χ4n) is 1.85. The molecule has 1 aromatic carbocycles. The van der Waals surface area contributed by atoms with Gasteiger partial charge in [-0.15, -0.1) is 0 Å². The van der Waals surface area contributed by atoms with Gasteiger partial charge in [-0.25, -0.2) is 9.59 Å². The van der Waals surface area contributed by atoms with Crippen molar-refractivity contribution in [1.29, 1.82) is 0 Å². The molecule has 1 aliphatic rings. The summed E-state index contributed by atoms with van der Waals surface area (Å²) in [5, 5.41) is 8.88. The number of carbonyl (C=O) groups is 2. The molecule has 0 saturated carbocycles. The number of ether oxygens (including phenoxy) is 3. The van der Waals surface area contributed by atoms with E-state index in [4.69, 9.17) is 19.3 Å². The van der Waals surface area contributed by atoms with Gasteiger partial charge in [-0.2, -0.15) is 0 Å². The first-order chi connectivity index (χ1) is 8.56. The highest BCUT2D eigenvalue weighted by Crippen LogP contribution is 2.33. The first-order valence-corrected chi connectivity index (χ1v) is 5.25. The molecule has 1 aromatic rings. The standard InChI is InChI=1S/C12H12O6/c1-16-8-3-6-4-10(11(13)14)18-12(15)7(6)5-9(8)17-2/h3,5,10H,4H2,1-2H3,(H,13,14)/t10-/m1/s1. The average Bonchev–Trinajstić information content (AvgIpc) is 2.36. The van der Waals surface area contributed by atoms with E-state index >= 15 is 0 Å². The minimum absolute atomic E-state index is 0.122. The second kappa shape index (κ2) is 4.56. The minimum atomic E-state index is -1.16. The summed E-state index contributed by atoms with van der Waals surface area (Å²) in [6.45, 7) is 0. The van der Waals surface area contributed by atoms with Crippen LogP contribution in [0.2, 0.25) is 0 Å². The van der Waals surface area contributed by atoms with E-state index in [0.29, 0.717) is 22.6 Å². The predicted molar refractivity (Wildman–Crippen MR) is 60.1 cm³/mol. The maximum absolute atomic E-state index is 11.7. The third kappa shape index (κ3) is 1.97. The van der Waals surface area contributed by atoms with Crippen molar-refractivity contribution in [3.8, 4) is 11.5 Å². The quantitative estimate of drug-likeness (QED) is 0.804. The lowest BCUT2D eigenvalue weighted by Gasteiger charge is -2.22. The van der Waals surface area contributed by atoms with Crippen LogP contribution in [0.1, 0.15) is 15.9 Å². The van der Waals surface area contributed by atoms with Gasteiger partial charge in [0.2, 0.25) is 6.10 Å². The number of fused-ring (bicyclic) bond motifs is 1. The van der Waals surface area contributed by atoms with Crippen molar-refractivity contribution in [3.63, 3.8) is 0 Å². The molecule has 1 atom stereocenters. The molecule has 6 heteroatoms. The Morgan fingerprint density at radius 1 is 1.33 bits per heavy atom. The highest BCUT2D eigenvalue weighted by Gasteiger charge is 2.32. The van der Waals surface area contributed by atoms with Crippen LogP contribution in [0.4, 0.5) is 0 Å². The van der Waals surface area contributed by atoms with Gasteiger partial charge in [0.05, 0.1) is 19.8 Å². The summed E-state index contributed by atoms with van der Waals surface area (Å²) in [6.07, 6.45) is -1.03. The topological polar surface area (TPSA) is 82.1 Å². The summed E-state index contributed by atoms with van der Waals surface area (Å²) in [7, 11) is 2.93. The van der Waals surface area contributed by atoms with Crippen LogP contribution in [0.15, 0.2) is 12.1 Å². The maximum atomic E-state index is 11.7. The lowest BCUT2D eigenvalue weighted by molar-refractivity contribution is -0.147. The largest absolute Gasteiger partial charge is 0.493 e. The average molecular weight is 252 g/mol. The molecule has 0 radical (unpaired) electrons. The molecule has 0 amide bonds. The Morgan fingerprint density at radius 3 is 2.50 bits per heavy atom. The third-order valence-corrected chi connectivity index (χ3v) is 2.76. The Morgan fingerprint density at radius 2 is 1.94 bits per heavy atom. The summed E-state index contributed by atoms with van der Waals surface area (Å²) in [5.74, 6) is -0.967. The Hall–Kier alpha value is -2.24. The van der Waals surface area contributed by atoms with Crippen molar-refractivity contribution in [2.45, 2.75) is 12.5 Å². The number of esters is 1. The smallest absolute Gasteiger partial charge is 0.345 e. The molecule has 0 saturated heterocycles. The number of cyclic esters (lactones) is 1. The Kier molecular flexibility index (Phi) is 3.10. The van der Waals surface area contributed by atoms with Gasteiger partial charge in [0.15, 0.2) is 11.5 Å². The van der Waals surface area contributed by atoms with E-state index in [1.807, 2.05) is 0 Å². The molecule has 0 fully saturated rings. The van der Waals surface area contributed by atoms with Crippen molar-refractivity contribution in [2.24, 2.45) is 0 Å². The van der Waals surface area contributed by atoms with E-state index in [1.165, 1.54) is 20.3 Å².